The fourth-order valence-electron chi connectivity index (χ4n) is 1.76. The number of aromatic amines is 2. The second kappa shape index (κ2) is 4.25. The van der Waals surface area contributed by atoms with Crippen molar-refractivity contribution in [1.29, 1.82) is 0 Å². The number of hydrogen-bond donors (Lipinski definition) is 3. The van der Waals surface area contributed by atoms with Gasteiger partial charge in [-0.1, -0.05) is 0 Å². The highest BCUT2D eigenvalue weighted by Gasteiger charge is 2.28. The van der Waals surface area contributed by atoms with Crippen LogP contribution in [0, 0.1) is 0 Å². The topological polar surface area (TPSA) is 99.3 Å². The Morgan fingerprint density at radius 1 is 1.56 bits per heavy atom. The molecule has 7 heteroatoms. The van der Waals surface area contributed by atoms with Gasteiger partial charge in [-0.25, -0.2) is 4.98 Å². The summed E-state index contributed by atoms with van der Waals surface area (Å²) in [5.41, 5.74) is 0.918. The van der Waals surface area contributed by atoms with E-state index in [1.54, 1.807) is 12.4 Å². The fraction of sp³-hybridized carbons (Fsp3) is 0.455. The summed E-state index contributed by atoms with van der Waals surface area (Å²) in [5, 5.41) is 16.1. The number of amides is 1. The van der Waals surface area contributed by atoms with Gasteiger partial charge in [0.2, 0.25) is 5.82 Å². The van der Waals surface area contributed by atoms with E-state index in [-0.39, 0.29) is 17.8 Å². The summed E-state index contributed by atoms with van der Waals surface area (Å²) in [6, 6.07) is -0.126. The number of nitrogens with one attached hydrogen (secondary N) is 3. The van der Waals surface area contributed by atoms with Gasteiger partial charge in [-0.15, -0.1) is 5.10 Å². The lowest BCUT2D eigenvalue weighted by molar-refractivity contribution is 0.0929. The standard InChI is InChI=1S/C11H14N6O/c1-6(8-4-12-13-5-8)14-11(18)10-15-9(16-17-10)7-2-3-7/h4-7H,2-3H2,1H3,(H,12,13)(H,14,18)(H,15,16,17). The number of rotatable bonds is 4. The summed E-state index contributed by atoms with van der Waals surface area (Å²) in [6.07, 6.45) is 5.68. The van der Waals surface area contributed by atoms with E-state index < -0.39 is 0 Å². The molecule has 0 saturated heterocycles. The molecular weight excluding hydrogens is 232 g/mol. The molecule has 2 aromatic heterocycles. The van der Waals surface area contributed by atoms with Gasteiger partial charge in [0.25, 0.3) is 5.91 Å². The van der Waals surface area contributed by atoms with Crippen molar-refractivity contribution in [2.45, 2.75) is 31.7 Å². The van der Waals surface area contributed by atoms with Crippen LogP contribution in [0.4, 0.5) is 0 Å². The average molecular weight is 246 g/mol. The van der Waals surface area contributed by atoms with Crippen molar-refractivity contribution in [2.75, 3.05) is 0 Å². The van der Waals surface area contributed by atoms with Gasteiger partial charge >= 0.3 is 0 Å². The van der Waals surface area contributed by atoms with Crippen LogP contribution in [0.15, 0.2) is 12.4 Å². The minimum absolute atomic E-state index is 0.126. The smallest absolute Gasteiger partial charge is 0.291 e. The minimum Gasteiger partial charge on any atom is -0.343 e. The second-order valence-electron chi connectivity index (χ2n) is 4.55. The Labute approximate surface area is 103 Å². The third-order valence-corrected chi connectivity index (χ3v) is 3.04. The van der Waals surface area contributed by atoms with E-state index in [4.69, 9.17) is 0 Å². The first-order valence-electron chi connectivity index (χ1n) is 5.96. The van der Waals surface area contributed by atoms with E-state index in [1.165, 1.54) is 0 Å². The van der Waals surface area contributed by atoms with E-state index in [0.717, 1.165) is 24.2 Å². The molecule has 1 aliphatic rings. The largest absolute Gasteiger partial charge is 0.343 e. The highest BCUT2D eigenvalue weighted by molar-refractivity contribution is 5.90. The maximum atomic E-state index is 11.9. The molecule has 1 amide bonds. The summed E-state index contributed by atoms with van der Waals surface area (Å²) < 4.78 is 0. The van der Waals surface area contributed by atoms with Crippen molar-refractivity contribution < 1.29 is 4.79 Å². The van der Waals surface area contributed by atoms with Gasteiger partial charge < -0.3 is 5.32 Å². The lowest BCUT2D eigenvalue weighted by Crippen LogP contribution is -2.27. The molecule has 0 spiro atoms. The first-order chi connectivity index (χ1) is 8.74. The molecular formula is C11H14N6O. The molecule has 3 rings (SSSR count). The lowest BCUT2D eigenvalue weighted by atomic mass is 10.2. The zero-order chi connectivity index (χ0) is 12.5. The molecule has 1 saturated carbocycles. The van der Waals surface area contributed by atoms with Crippen molar-refractivity contribution >= 4 is 5.91 Å². The molecule has 1 atom stereocenters. The van der Waals surface area contributed by atoms with Gasteiger partial charge in [-0.3, -0.25) is 15.0 Å². The van der Waals surface area contributed by atoms with Crippen LogP contribution in [-0.2, 0) is 0 Å². The number of hydrogen-bond acceptors (Lipinski definition) is 4. The van der Waals surface area contributed by atoms with Gasteiger partial charge in [0.1, 0.15) is 5.82 Å². The Bertz CT molecular complexity index is 542. The number of aromatic nitrogens is 5. The first kappa shape index (κ1) is 10.9. The average Bonchev–Trinajstić information content (AvgIpc) is 2.91. The quantitative estimate of drug-likeness (QED) is 0.746. The highest BCUT2D eigenvalue weighted by Crippen LogP contribution is 2.37. The van der Waals surface area contributed by atoms with E-state index in [0.29, 0.717) is 5.92 Å². The van der Waals surface area contributed by atoms with Crippen LogP contribution in [0.2, 0.25) is 0 Å². The Morgan fingerprint density at radius 2 is 2.39 bits per heavy atom. The fourth-order valence-corrected chi connectivity index (χ4v) is 1.76. The summed E-state index contributed by atoms with van der Waals surface area (Å²) in [6.45, 7) is 1.89. The van der Waals surface area contributed by atoms with Crippen LogP contribution in [0.25, 0.3) is 0 Å². The molecule has 0 aromatic carbocycles. The molecule has 94 valence electrons. The van der Waals surface area contributed by atoms with E-state index in [2.05, 4.69) is 30.7 Å². The van der Waals surface area contributed by atoms with Crippen molar-refractivity contribution in [2.24, 2.45) is 0 Å². The first-order valence-corrected chi connectivity index (χ1v) is 5.96. The Hall–Kier alpha value is -2.18. The van der Waals surface area contributed by atoms with E-state index >= 15 is 0 Å². The summed E-state index contributed by atoms with van der Waals surface area (Å²) in [5.74, 6) is 1.21. The van der Waals surface area contributed by atoms with Crippen LogP contribution in [0.3, 0.4) is 0 Å². The Morgan fingerprint density at radius 3 is 3.06 bits per heavy atom. The second-order valence-corrected chi connectivity index (χ2v) is 4.55. The van der Waals surface area contributed by atoms with Crippen LogP contribution < -0.4 is 5.32 Å². The molecule has 0 aliphatic heterocycles. The summed E-state index contributed by atoms with van der Waals surface area (Å²) >= 11 is 0. The van der Waals surface area contributed by atoms with Gasteiger partial charge in [0.05, 0.1) is 12.2 Å². The van der Waals surface area contributed by atoms with Crippen LogP contribution in [0.5, 0.6) is 0 Å². The normalized spacial score (nSPS) is 16.5. The highest BCUT2D eigenvalue weighted by atomic mass is 16.2. The third-order valence-electron chi connectivity index (χ3n) is 3.04. The molecule has 1 unspecified atom stereocenters. The van der Waals surface area contributed by atoms with Crippen molar-refractivity contribution in [3.63, 3.8) is 0 Å². The maximum absolute atomic E-state index is 11.9. The molecule has 2 aromatic rings. The van der Waals surface area contributed by atoms with Gasteiger partial charge in [-0.2, -0.15) is 5.10 Å². The van der Waals surface area contributed by atoms with Gasteiger partial charge in [0, 0.05) is 17.7 Å². The molecule has 0 radical (unpaired) electrons. The van der Waals surface area contributed by atoms with Crippen LogP contribution in [-0.4, -0.2) is 31.3 Å². The molecule has 18 heavy (non-hydrogen) atoms. The van der Waals surface area contributed by atoms with Gasteiger partial charge in [-0.05, 0) is 19.8 Å². The van der Waals surface area contributed by atoms with E-state index in [9.17, 15) is 4.79 Å². The molecule has 0 bridgehead atoms. The van der Waals surface area contributed by atoms with Gasteiger partial charge in [0.15, 0.2) is 0 Å². The third kappa shape index (κ3) is 2.11. The molecule has 1 aliphatic carbocycles. The summed E-state index contributed by atoms with van der Waals surface area (Å²) in [7, 11) is 0. The summed E-state index contributed by atoms with van der Waals surface area (Å²) in [4.78, 5) is 16.1. The monoisotopic (exact) mass is 246 g/mol. The van der Waals surface area contributed by atoms with Crippen molar-refractivity contribution in [1.82, 2.24) is 30.7 Å². The SMILES string of the molecule is CC(NC(=O)c1n[nH]c(C2CC2)n1)c1cn[nH]c1. The molecule has 3 N–H and O–H groups in total. The maximum Gasteiger partial charge on any atom is 0.291 e. The van der Waals surface area contributed by atoms with Crippen molar-refractivity contribution in [3.05, 3.63) is 29.6 Å². The van der Waals surface area contributed by atoms with Crippen LogP contribution >= 0.6 is 0 Å². The van der Waals surface area contributed by atoms with E-state index in [1.807, 2.05) is 6.92 Å². The predicted molar refractivity (Wildman–Crippen MR) is 62.8 cm³/mol. The number of H-pyrrole nitrogens is 2. The minimum atomic E-state index is -0.271. The predicted octanol–water partition coefficient (Wildman–Crippen LogP) is 0.896. The lowest BCUT2D eigenvalue weighted by Gasteiger charge is -2.09. The molecule has 7 nitrogen and oxygen atoms in total. The Balaban J connectivity index is 1.66. The number of carbonyl (C=O) groups is 1. The molecule has 1 fully saturated rings. The molecule has 2 heterocycles. The Kier molecular flexibility index (Phi) is 2.58. The number of carbonyl (C=O) groups excluding carboxylic acids is 1. The van der Waals surface area contributed by atoms with Crippen LogP contribution in [0.1, 0.15) is 53.7 Å². The number of nitrogens with zero attached hydrogens (tertiary/aromatic N) is 3. The van der Waals surface area contributed by atoms with Crippen molar-refractivity contribution in [3.8, 4) is 0 Å². The zero-order valence-corrected chi connectivity index (χ0v) is 9.97. The zero-order valence-electron chi connectivity index (χ0n) is 9.97.